The van der Waals surface area contributed by atoms with Crippen molar-refractivity contribution < 1.29 is 9.90 Å². The molecule has 1 amide bonds. The topological polar surface area (TPSA) is 85.4 Å². The van der Waals surface area contributed by atoms with Crippen LogP contribution in [-0.4, -0.2) is 46.6 Å². The van der Waals surface area contributed by atoms with Crippen molar-refractivity contribution in [2.75, 3.05) is 19.7 Å². The number of amides is 1. The molecule has 2 heterocycles. The number of aromatic nitrogens is 1. The Hall–Kier alpha value is -2.18. The lowest BCUT2D eigenvalue weighted by molar-refractivity contribution is -0.130. The third-order valence-corrected chi connectivity index (χ3v) is 4.68. The smallest absolute Gasteiger partial charge is 0.237 e. The number of pyridine rings is 1. The van der Waals surface area contributed by atoms with Crippen molar-refractivity contribution in [3.8, 4) is 0 Å². The number of fused-ring (bicyclic) bond motifs is 1. The van der Waals surface area contributed by atoms with Gasteiger partial charge in [0.15, 0.2) is 5.43 Å². The number of hydrogen-bond donors (Lipinski definition) is 3. The third-order valence-electron chi connectivity index (χ3n) is 4.68. The average molecular weight is 329 g/mol. The lowest BCUT2D eigenvalue weighted by Gasteiger charge is -2.34. The molecule has 1 aromatic carbocycles. The monoisotopic (exact) mass is 329 g/mol. The van der Waals surface area contributed by atoms with Crippen LogP contribution in [0.5, 0.6) is 0 Å². The molecule has 6 heteroatoms. The minimum atomic E-state index is -0.360. The third kappa shape index (κ3) is 3.07. The predicted octanol–water partition coefficient (Wildman–Crippen LogP) is 0.828. The van der Waals surface area contributed by atoms with E-state index in [4.69, 9.17) is 0 Å². The number of carbonyl (C=O) groups excluding carboxylic acids is 1. The number of aryl methyl sites for hydroxylation is 2. The standard InChI is InChI=1S/C18H23N3O3/c1-11-3-4-12(2)17-16(11)15(23)9-13(20-17)10-21-7-6-19-18(24)14(21)5-8-22/h3-4,9,14,22H,5-8,10H2,1-2H3,(H,19,24)(H,20,23). The molecule has 1 aromatic heterocycles. The lowest BCUT2D eigenvalue weighted by atomic mass is 10.0. The van der Waals surface area contributed by atoms with E-state index in [0.29, 0.717) is 26.1 Å². The van der Waals surface area contributed by atoms with E-state index in [1.54, 1.807) is 6.07 Å². The zero-order valence-corrected chi connectivity index (χ0v) is 14.1. The van der Waals surface area contributed by atoms with Gasteiger partial charge in [0.25, 0.3) is 0 Å². The molecule has 6 nitrogen and oxygen atoms in total. The molecular weight excluding hydrogens is 306 g/mol. The van der Waals surface area contributed by atoms with Crippen molar-refractivity contribution in [1.29, 1.82) is 0 Å². The Morgan fingerprint density at radius 2 is 2.00 bits per heavy atom. The SMILES string of the molecule is Cc1ccc(C)c2c(=O)cc(CN3CCNC(=O)C3CCO)[nH]c12. The first kappa shape index (κ1) is 16.7. The summed E-state index contributed by atoms with van der Waals surface area (Å²) in [5.74, 6) is -0.0644. The predicted molar refractivity (Wildman–Crippen MR) is 93.0 cm³/mol. The molecule has 3 N–H and O–H groups in total. The minimum Gasteiger partial charge on any atom is -0.396 e. The number of aromatic amines is 1. The molecule has 1 aliphatic rings. The van der Waals surface area contributed by atoms with Crippen molar-refractivity contribution in [2.45, 2.75) is 32.9 Å². The summed E-state index contributed by atoms with van der Waals surface area (Å²) in [4.78, 5) is 29.9. The van der Waals surface area contributed by atoms with Gasteiger partial charge in [0, 0.05) is 43.4 Å². The molecule has 0 spiro atoms. The number of aliphatic hydroxyl groups is 1. The molecule has 0 saturated carbocycles. The maximum Gasteiger partial charge on any atom is 0.237 e. The number of hydrogen-bond acceptors (Lipinski definition) is 4. The number of nitrogens with zero attached hydrogens (tertiary/aromatic N) is 1. The minimum absolute atomic E-state index is 0.000110. The molecule has 24 heavy (non-hydrogen) atoms. The summed E-state index contributed by atoms with van der Waals surface area (Å²) >= 11 is 0. The van der Waals surface area contributed by atoms with E-state index in [9.17, 15) is 14.7 Å². The van der Waals surface area contributed by atoms with Gasteiger partial charge < -0.3 is 15.4 Å². The summed E-state index contributed by atoms with van der Waals surface area (Å²) in [7, 11) is 0. The van der Waals surface area contributed by atoms with Crippen LogP contribution in [0.3, 0.4) is 0 Å². The Morgan fingerprint density at radius 1 is 1.25 bits per heavy atom. The second-order valence-corrected chi connectivity index (χ2v) is 6.40. The van der Waals surface area contributed by atoms with Crippen molar-refractivity contribution in [3.63, 3.8) is 0 Å². The molecule has 3 rings (SSSR count). The van der Waals surface area contributed by atoms with Crippen LogP contribution < -0.4 is 10.7 Å². The highest BCUT2D eigenvalue weighted by molar-refractivity contribution is 5.85. The Kier molecular flexibility index (Phi) is 4.69. The van der Waals surface area contributed by atoms with E-state index in [-0.39, 0.29) is 24.0 Å². The zero-order chi connectivity index (χ0) is 17.3. The Bertz CT molecular complexity index is 828. The molecule has 128 valence electrons. The zero-order valence-electron chi connectivity index (χ0n) is 14.1. The van der Waals surface area contributed by atoms with Gasteiger partial charge in [-0.25, -0.2) is 0 Å². The summed E-state index contributed by atoms with van der Waals surface area (Å²) in [5, 5.41) is 12.8. The molecule has 1 saturated heterocycles. The first-order chi connectivity index (χ1) is 11.5. The average Bonchev–Trinajstić information content (AvgIpc) is 2.54. The molecule has 0 aliphatic carbocycles. The van der Waals surface area contributed by atoms with Crippen LogP contribution >= 0.6 is 0 Å². The second kappa shape index (κ2) is 6.75. The number of piperazine rings is 1. The second-order valence-electron chi connectivity index (χ2n) is 6.40. The highest BCUT2D eigenvalue weighted by Gasteiger charge is 2.29. The van der Waals surface area contributed by atoms with Gasteiger partial charge in [-0.05, 0) is 31.4 Å². The molecule has 1 aliphatic heterocycles. The molecule has 1 unspecified atom stereocenters. The normalized spacial score (nSPS) is 18.8. The van der Waals surface area contributed by atoms with Crippen LogP contribution in [0.15, 0.2) is 23.0 Å². The Balaban J connectivity index is 1.96. The van der Waals surface area contributed by atoms with Crippen molar-refractivity contribution in [2.24, 2.45) is 0 Å². The van der Waals surface area contributed by atoms with Crippen LogP contribution in [0.1, 0.15) is 23.2 Å². The molecule has 1 atom stereocenters. The van der Waals surface area contributed by atoms with Gasteiger partial charge in [0.05, 0.1) is 11.6 Å². The van der Waals surface area contributed by atoms with Crippen LogP contribution in [0, 0.1) is 13.8 Å². The number of aliphatic hydroxyl groups excluding tert-OH is 1. The van der Waals surface area contributed by atoms with E-state index < -0.39 is 0 Å². The molecule has 0 bridgehead atoms. The van der Waals surface area contributed by atoms with Gasteiger partial charge in [-0.1, -0.05) is 12.1 Å². The summed E-state index contributed by atoms with van der Waals surface area (Å²) in [6.07, 6.45) is 0.391. The van der Waals surface area contributed by atoms with Gasteiger partial charge in [-0.3, -0.25) is 14.5 Å². The van der Waals surface area contributed by atoms with E-state index >= 15 is 0 Å². The molecule has 2 aromatic rings. The lowest BCUT2D eigenvalue weighted by Crippen LogP contribution is -2.55. The van der Waals surface area contributed by atoms with Gasteiger partial charge >= 0.3 is 0 Å². The first-order valence-electron chi connectivity index (χ1n) is 8.26. The summed E-state index contributed by atoms with van der Waals surface area (Å²) in [6, 6.07) is 5.22. The van der Waals surface area contributed by atoms with E-state index in [1.807, 2.05) is 30.9 Å². The van der Waals surface area contributed by atoms with Crippen LogP contribution in [0.2, 0.25) is 0 Å². The van der Waals surface area contributed by atoms with Gasteiger partial charge in [-0.2, -0.15) is 0 Å². The number of nitrogens with one attached hydrogen (secondary N) is 2. The maximum atomic E-state index is 12.5. The number of benzene rings is 1. The van der Waals surface area contributed by atoms with E-state index in [0.717, 1.165) is 27.7 Å². The summed E-state index contributed by atoms with van der Waals surface area (Å²) in [6.45, 7) is 5.63. The largest absolute Gasteiger partial charge is 0.396 e. The quantitative estimate of drug-likeness (QED) is 0.775. The molecule has 0 radical (unpaired) electrons. The van der Waals surface area contributed by atoms with Crippen molar-refractivity contribution >= 4 is 16.8 Å². The van der Waals surface area contributed by atoms with Gasteiger partial charge in [0.1, 0.15) is 0 Å². The van der Waals surface area contributed by atoms with Gasteiger partial charge in [0.2, 0.25) is 5.91 Å². The first-order valence-corrected chi connectivity index (χ1v) is 8.26. The van der Waals surface area contributed by atoms with E-state index in [1.165, 1.54) is 0 Å². The van der Waals surface area contributed by atoms with Crippen LogP contribution in [0.4, 0.5) is 0 Å². The number of H-pyrrole nitrogens is 1. The van der Waals surface area contributed by atoms with Crippen LogP contribution in [0.25, 0.3) is 10.9 Å². The van der Waals surface area contributed by atoms with Crippen LogP contribution in [-0.2, 0) is 11.3 Å². The fourth-order valence-corrected chi connectivity index (χ4v) is 3.41. The highest BCUT2D eigenvalue weighted by Crippen LogP contribution is 2.19. The number of carbonyl (C=O) groups is 1. The highest BCUT2D eigenvalue weighted by atomic mass is 16.3. The van der Waals surface area contributed by atoms with Crippen molar-refractivity contribution in [3.05, 3.63) is 45.2 Å². The Labute approximate surface area is 140 Å². The van der Waals surface area contributed by atoms with E-state index in [2.05, 4.69) is 10.3 Å². The van der Waals surface area contributed by atoms with Gasteiger partial charge in [-0.15, -0.1) is 0 Å². The van der Waals surface area contributed by atoms with Crippen molar-refractivity contribution in [1.82, 2.24) is 15.2 Å². The summed E-state index contributed by atoms with van der Waals surface area (Å²) in [5.41, 5.74) is 3.63. The number of rotatable bonds is 4. The Morgan fingerprint density at radius 3 is 2.75 bits per heavy atom. The molecule has 1 fully saturated rings. The fraction of sp³-hybridized carbons (Fsp3) is 0.444. The fourth-order valence-electron chi connectivity index (χ4n) is 3.41. The molecular formula is C18H23N3O3. The maximum absolute atomic E-state index is 12.5. The summed E-state index contributed by atoms with van der Waals surface area (Å²) < 4.78 is 0.